The average Bonchev–Trinajstić information content (AvgIpc) is 2.67. The molecule has 2 aromatic rings. The van der Waals surface area contributed by atoms with E-state index in [0.717, 1.165) is 5.56 Å². The maximum Gasteiger partial charge on any atom is 0.254 e. The minimum atomic E-state index is -0.520. The fraction of sp³-hybridized carbons (Fsp3) is 0.316. The number of halogens is 1. The fourth-order valence-corrected chi connectivity index (χ4v) is 3.12. The molecule has 0 aliphatic carbocycles. The van der Waals surface area contributed by atoms with Gasteiger partial charge in [-0.1, -0.05) is 30.3 Å². The zero-order valence-electron chi connectivity index (χ0n) is 13.9. The molecule has 5 nitrogen and oxygen atoms in total. The summed E-state index contributed by atoms with van der Waals surface area (Å²) in [6.07, 6.45) is -0.512. The molecule has 0 bridgehead atoms. The van der Waals surface area contributed by atoms with Gasteiger partial charge in [-0.3, -0.25) is 4.79 Å². The van der Waals surface area contributed by atoms with Gasteiger partial charge in [0.1, 0.15) is 6.10 Å². The Morgan fingerprint density at radius 2 is 2.08 bits per heavy atom. The van der Waals surface area contributed by atoms with Gasteiger partial charge < -0.3 is 19.5 Å². The van der Waals surface area contributed by atoms with Crippen molar-refractivity contribution < 1.29 is 23.8 Å². The van der Waals surface area contributed by atoms with Gasteiger partial charge in [-0.25, -0.2) is 4.39 Å². The third kappa shape index (κ3) is 3.50. The van der Waals surface area contributed by atoms with Crippen LogP contribution in [-0.4, -0.2) is 48.9 Å². The minimum absolute atomic E-state index is 0.0223. The Hall–Kier alpha value is -2.44. The standard InChI is InChI=1S/C19H20FNO4/c1-24-16-11-14(7-8-15(16)20)19(23)21-9-10-25-17(12-22)18(21)13-5-3-2-4-6-13/h2-8,11,17-18,22H,9-10,12H2,1H3/t17-,18-/m1/s1. The highest BCUT2D eigenvalue weighted by atomic mass is 19.1. The second kappa shape index (κ2) is 7.63. The summed E-state index contributed by atoms with van der Waals surface area (Å²) >= 11 is 0. The molecule has 1 aliphatic heterocycles. The molecule has 0 unspecified atom stereocenters. The lowest BCUT2D eigenvalue weighted by Crippen LogP contribution is -2.49. The molecule has 1 saturated heterocycles. The van der Waals surface area contributed by atoms with Crippen molar-refractivity contribution in [1.29, 1.82) is 0 Å². The Labute approximate surface area is 145 Å². The molecular weight excluding hydrogens is 325 g/mol. The van der Waals surface area contributed by atoms with Crippen LogP contribution in [0.2, 0.25) is 0 Å². The number of benzene rings is 2. The van der Waals surface area contributed by atoms with Crippen LogP contribution >= 0.6 is 0 Å². The number of nitrogens with zero attached hydrogens (tertiary/aromatic N) is 1. The van der Waals surface area contributed by atoms with Crippen LogP contribution in [-0.2, 0) is 4.74 Å². The van der Waals surface area contributed by atoms with E-state index < -0.39 is 18.0 Å². The van der Waals surface area contributed by atoms with Gasteiger partial charge in [-0.15, -0.1) is 0 Å². The number of carbonyl (C=O) groups excluding carboxylic acids is 1. The zero-order chi connectivity index (χ0) is 17.8. The van der Waals surface area contributed by atoms with E-state index in [0.29, 0.717) is 18.7 Å². The Kier molecular flexibility index (Phi) is 5.31. The summed E-state index contributed by atoms with van der Waals surface area (Å²) in [4.78, 5) is 14.7. The molecule has 6 heteroatoms. The predicted molar refractivity (Wildman–Crippen MR) is 90.0 cm³/mol. The van der Waals surface area contributed by atoms with E-state index in [1.807, 2.05) is 30.3 Å². The van der Waals surface area contributed by atoms with Crippen molar-refractivity contribution in [2.75, 3.05) is 26.9 Å². The van der Waals surface area contributed by atoms with Crippen LogP contribution in [0, 0.1) is 5.82 Å². The number of aliphatic hydroxyl groups excluding tert-OH is 1. The molecule has 2 aromatic carbocycles. The van der Waals surface area contributed by atoms with E-state index >= 15 is 0 Å². The summed E-state index contributed by atoms with van der Waals surface area (Å²) in [7, 11) is 1.36. The number of hydrogen-bond donors (Lipinski definition) is 1. The minimum Gasteiger partial charge on any atom is -0.494 e. The van der Waals surface area contributed by atoms with Crippen molar-refractivity contribution in [1.82, 2.24) is 4.90 Å². The topological polar surface area (TPSA) is 59.0 Å². The van der Waals surface area contributed by atoms with Crippen molar-refractivity contribution in [3.8, 4) is 5.75 Å². The molecule has 1 heterocycles. The zero-order valence-corrected chi connectivity index (χ0v) is 13.9. The van der Waals surface area contributed by atoms with Crippen LogP contribution in [0.3, 0.4) is 0 Å². The van der Waals surface area contributed by atoms with Crippen LogP contribution in [0.25, 0.3) is 0 Å². The van der Waals surface area contributed by atoms with E-state index in [9.17, 15) is 14.3 Å². The first-order valence-corrected chi connectivity index (χ1v) is 8.07. The first kappa shape index (κ1) is 17.4. The van der Waals surface area contributed by atoms with E-state index in [4.69, 9.17) is 9.47 Å². The van der Waals surface area contributed by atoms with Crippen molar-refractivity contribution in [2.24, 2.45) is 0 Å². The van der Waals surface area contributed by atoms with Crippen molar-refractivity contribution >= 4 is 5.91 Å². The first-order chi connectivity index (χ1) is 12.2. The number of hydrogen-bond acceptors (Lipinski definition) is 4. The van der Waals surface area contributed by atoms with E-state index in [1.54, 1.807) is 4.90 Å². The van der Waals surface area contributed by atoms with E-state index in [2.05, 4.69) is 0 Å². The average molecular weight is 345 g/mol. The number of methoxy groups -OCH3 is 1. The molecule has 0 saturated carbocycles. The SMILES string of the molecule is COc1cc(C(=O)N2CCO[C@H](CO)[C@H]2c2ccccc2)ccc1F. The number of morpholine rings is 1. The smallest absolute Gasteiger partial charge is 0.254 e. The van der Waals surface area contributed by atoms with Gasteiger partial charge in [-0.05, 0) is 23.8 Å². The van der Waals surface area contributed by atoms with Crippen LogP contribution in [0.15, 0.2) is 48.5 Å². The van der Waals surface area contributed by atoms with Gasteiger partial charge in [0.15, 0.2) is 11.6 Å². The maximum absolute atomic E-state index is 13.6. The Bertz CT molecular complexity index is 737. The third-order valence-corrected chi connectivity index (χ3v) is 4.33. The lowest BCUT2D eigenvalue weighted by atomic mass is 9.97. The summed E-state index contributed by atoms with van der Waals surface area (Å²) in [6.45, 7) is 0.517. The van der Waals surface area contributed by atoms with Crippen LogP contribution in [0.5, 0.6) is 5.75 Å². The van der Waals surface area contributed by atoms with Crippen molar-refractivity contribution in [2.45, 2.75) is 12.1 Å². The van der Waals surface area contributed by atoms with Crippen LogP contribution < -0.4 is 4.74 Å². The molecule has 1 amide bonds. The predicted octanol–water partition coefficient (Wildman–Crippen LogP) is 2.41. The number of carbonyl (C=O) groups is 1. The highest BCUT2D eigenvalue weighted by molar-refractivity contribution is 5.95. The monoisotopic (exact) mass is 345 g/mol. The van der Waals surface area contributed by atoms with Crippen LogP contribution in [0.1, 0.15) is 22.0 Å². The molecule has 2 atom stereocenters. The molecule has 1 aliphatic rings. The molecule has 1 N–H and O–H groups in total. The van der Waals surface area contributed by atoms with Gasteiger partial charge in [0, 0.05) is 12.1 Å². The van der Waals surface area contributed by atoms with Crippen molar-refractivity contribution in [3.63, 3.8) is 0 Å². The lowest BCUT2D eigenvalue weighted by Gasteiger charge is -2.41. The quantitative estimate of drug-likeness (QED) is 0.925. The molecule has 132 valence electrons. The maximum atomic E-state index is 13.6. The van der Waals surface area contributed by atoms with Gasteiger partial charge in [-0.2, -0.15) is 0 Å². The number of amides is 1. The molecule has 3 rings (SSSR count). The Balaban J connectivity index is 1.96. The molecule has 1 fully saturated rings. The summed E-state index contributed by atoms with van der Waals surface area (Å²) in [6, 6.07) is 13.1. The van der Waals surface area contributed by atoms with Crippen molar-refractivity contribution in [3.05, 3.63) is 65.5 Å². The number of aliphatic hydroxyl groups is 1. The van der Waals surface area contributed by atoms with Crippen LogP contribution in [0.4, 0.5) is 4.39 Å². The third-order valence-electron chi connectivity index (χ3n) is 4.33. The summed E-state index contributed by atoms with van der Waals surface area (Å²) < 4.78 is 24.2. The fourth-order valence-electron chi connectivity index (χ4n) is 3.12. The van der Waals surface area contributed by atoms with Gasteiger partial charge in [0.25, 0.3) is 5.91 Å². The van der Waals surface area contributed by atoms with Gasteiger partial charge in [0.2, 0.25) is 0 Å². The second-order valence-corrected chi connectivity index (χ2v) is 5.80. The summed E-state index contributed by atoms with van der Waals surface area (Å²) in [5.41, 5.74) is 1.21. The first-order valence-electron chi connectivity index (χ1n) is 8.07. The second-order valence-electron chi connectivity index (χ2n) is 5.80. The highest BCUT2D eigenvalue weighted by Crippen LogP contribution is 2.31. The largest absolute Gasteiger partial charge is 0.494 e. The molecule has 0 aromatic heterocycles. The molecule has 0 spiro atoms. The highest BCUT2D eigenvalue weighted by Gasteiger charge is 2.36. The summed E-state index contributed by atoms with van der Waals surface area (Å²) in [5, 5.41) is 9.68. The van der Waals surface area contributed by atoms with E-state index in [-0.39, 0.29) is 18.3 Å². The Morgan fingerprint density at radius 3 is 2.76 bits per heavy atom. The van der Waals surface area contributed by atoms with Gasteiger partial charge >= 0.3 is 0 Å². The molecular formula is C19H20FNO4. The molecule has 0 radical (unpaired) electrons. The Morgan fingerprint density at radius 1 is 1.32 bits per heavy atom. The number of rotatable bonds is 4. The lowest BCUT2D eigenvalue weighted by molar-refractivity contribution is -0.0811. The number of ether oxygens (including phenoxy) is 2. The van der Waals surface area contributed by atoms with E-state index in [1.165, 1.54) is 25.3 Å². The normalized spacial score (nSPS) is 20.4. The van der Waals surface area contributed by atoms with Gasteiger partial charge in [0.05, 0.1) is 26.4 Å². The molecule has 25 heavy (non-hydrogen) atoms. The summed E-state index contributed by atoms with van der Waals surface area (Å²) in [5.74, 6) is -0.753.